The number of methoxy groups -OCH3 is 2. The molecule has 0 bridgehead atoms. The third-order valence-corrected chi connectivity index (χ3v) is 8.80. The van der Waals surface area contributed by atoms with Gasteiger partial charge in [-0.05, 0) is 74.4 Å². The van der Waals surface area contributed by atoms with Crippen LogP contribution in [-0.2, 0) is 9.47 Å². The molecule has 0 saturated carbocycles. The molecule has 1 N–H and O–H groups in total. The zero-order valence-corrected chi connectivity index (χ0v) is 24.9. The first-order chi connectivity index (χ1) is 18.9. The summed E-state index contributed by atoms with van der Waals surface area (Å²) in [6.07, 6.45) is 4.59. The normalized spacial score (nSPS) is 19.9. The number of aromatic hydroxyl groups is 1. The van der Waals surface area contributed by atoms with Crippen molar-refractivity contribution < 1.29 is 19.3 Å². The summed E-state index contributed by atoms with van der Waals surface area (Å²) in [5.74, 6) is 1.15. The van der Waals surface area contributed by atoms with Gasteiger partial charge >= 0.3 is 0 Å². The second-order valence-corrected chi connectivity index (χ2v) is 11.3. The molecule has 216 valence electrons. The largest absolute Gasteiger partial charge is 0.506 e. The van der Waals surface area contributed by atoms with Gasteiger partial charge in [0.1, 0.15) is 11.5 Å². The first-order valence-electron chi connectivity index (χ1n) is 14.3. The fourth-order valence-electron chi connectivity index (χ4n) is 6.10. The summed E-state index contributed by atoms with van der Waals surface area (Å²) >= 11 is 6.04. The molecular formula is C31H46ClN3O4. The van der Waals surface area contributed by atoms with Crippen LogP contribution in [0.2, 0.25) is 5.02 Å². The molecular weight excluding hydrogens is 514 g/mol. The number of rotatable bonds is 13. The molecule has 2 aliphatic rings. The van der Waals surface area contributed by atoms with E-state index >= 15 is 0 Å². The Bertz CT molecular complexity index is 1060. The van der Waals surface area contributed by atoms with Gasteiger partial charge in [0.25, 0.3) is 0 Å². The molecule has 2 aromatic carbocycles. The Morgan fingerprint density at radius 1 is 0.949 bits per heavy atom. The number of halogens is 1. The van der Waals surface area contributed by atoms with Gasteiger partial charge in [0.2, 0.25) is 0 Å². The fourth-order valence-corrected chi connectivity index (χ4v) is 6.21. The number of ether oxygens (including phenoxy) is 3. The van der Waals surface area contributed by atoms with Crippen LogP contribution in [0.15, 0.2) is 30.3 Å². The van der Waals surface area contributed by atoms with Crippen LogP contribution < -0.4 is 9.64 Å². The third kappa shape index (κ3) is 7.59. The summed E-state index contributed by atoms with van der Waals surface area (Å²) in [5, 5.41) is 10.5. The molecule has 0 aliphatic carbocycles. The Morgan fingerprint density at radius 3 is 2.44 bits per heavy atom. The van der Waals surface area contributed by atoms with Crippen LogP contribution in [0.25, 0.3) is 0 Å². The van der Waals surface area contributed by atoms with Gasteiger partial charge in [0.15, 0.2) is 0 Å². The minimum atomic E-state index is 0.154. The predicted octanol–water partition coefficient (Wildman–Crippen LogP) is 5.44. The first kappa shape index (κ1) is 29.9. The van der Waals surface area contributed by atoms with Crippen molar-refractivity contribution in [1.82, 2.24) is 9.80 Å². The number of piperazine rings is 1. The van der Waals surface area contributed by atoms with E-state index in [0.29, 0.717) is 23.7 Å². The topological polar surface area (TPSA) is 57.6 Å². The van der Waals surface area contributed by atoms with Crippen molar-refractivity contribution >= 4 is 17.3 Å². The van der Waals surface area contributed by atoms with Crippen molar-refractivity contribution in [3.8, 4) is 11.5 Å². The molecule has 2 aliphatic heterocycles. The van der Waals surface area contributed by atoms with Crippen molar-refractivity contribution in [2.75, 3.05) is 78.2 Å². The first-order valence-corrected chi connectivity index (χ1v) is 14.7. The highest BCUT2D eigenvalue weighted by molar-refractivity contribution is 6.32. The van der Waals surface area contributed by atoms with Crippen LogP contribution >= 0.6 is 11.6 Å². The molecule has 2 saturated heterocycles. The number of benzene rings is 2. The fraction of sp³-hybridized carbons (Fsp3) is 0.613. The van der Waals surface area contributed by atoms with E-state index in [0.717, 1.165) is 70.3 Å². The Balaban J connectivity index is 1.35. The zero-order chi connectivity index (χ0) is 27.8. The zero-order valence-electron chi connectivity index (χ0n) is 24.1. The van der Waals surface area contributed by atoms with Gasteiger partial charge in [-0.15, -0.1) is 0 Å². The van der Waals surface area contributed by atoms with Crippen molar-refractivity contribution in [1.29, 1.82) is 0 Å². The summed E-state index contributed by atoms with van der Waals surface area (Å²) in [4.78, 5) is 7.47. The molecule has 2 atom stereocenters. The smallest absolute Gasteiger partial charge is 0.136 e. The van der Waals surface area contributed by atoms with Crippen LogP contribution in [-0.4, -0.2) is 94.3 Å². The van der Waals surface area contributed by atoms with Gasteiger partial charge in [0.05, 0.1) is 24.8 Å². The molecule has 8 heteroatoms. The van der Waals surface area contributed by atoms with Crippen LogP contribution in [0.1, 0.15) is 48.4 Å². The molecule has 0 spiro atoms. The van der Waals surface area contributed by atoms with Crippen LogP contribution in [0, 0.1) is 13.8 Å². The lowest BCUT2D eigenvalue weighted by Gasteiger charge is -2.49. The van der Waals surface area contributed by atoms with Gasteiger partial charge in [-0.25, -0.2) is 0 Å². The van der Waals surface area contributed by atoms with Crippen LogP contribution in [0.3, 0.4) is 0 Å². The molecule has 0 radical (unpaired) electrons. The second-order valence-electron chi connectivity index (χ2n) is 10.9. The van der Waals surface area contributed by atoms with E-state index in [1.165, 1.54) is 36.0 Å². The van der Waals surface area contributed by atoms with E-state index in [2.05, 4.69) is 40.7 Å². The summed E-state index contributed by atoms with van der Waals surface area (Å²) in [5.41, 5.74) is 5.09. The molecule has 2 fully saturated rings. The summed E-state index contributed by atoms with van der Waals surface area (Å²) in [7, 11) is 3.49. The number of fused-ring (bicyclic) bond motifs is 1. The number of anilines is 1. The molecule has 2 heterocycles. The minimum absolute atomic E-state index is 0.154. The number of piperidine rings is 1. The lowest BCUT2D eigenvalue weighted by Crippen LogP contribution is -2.56. The van der Waals surface area contributed by atoms with Gasteiger partial charge in [-0.2, -0.15) is 0 Å². The molecule has 39 heavy (non-hydrogen) atoms. The summed E-state index contributed by atoms with van der Waals surface area (Å²) in [6.45, 7) is 12.3. The van der Waals surface area contributed by atoms with E-state index in [-0.39, 0.29) is 5.75 Å². The maximum absolute atomic E-state index is 10.1. The third-order valence-electron chi connectivity index (χ3n) is 8.48. The second kappa shape index (κ2) is 14.6. The van der Waals surface area contributed by atoms with Crippen LogP contribution in [0.5, 0.6) is 11.5 Å². The van der Waals surface area contributed by atoms with E-state index < -0.39 is 0 Å². The maximum atomic E-state index is 10.1. The molecule has 1 unspecified atom stereocenters. The molecule has 0 aromatic heterocycles. The lowest BCUT2D eigenvalue weighted by molar-refractivity contribution is 0.0712. The van der Waals surface area contributed by atoms with E-state index in [1.807, 2.05) is 6.07 Å². The Labute approximate surface area is 239 Å². The quantitative estimate of drug-likeness (QED) is 0.328. The number of phenols is 1. The number of hydrogen-bond donors (Lipinski definition) is 1. The number of phenolic OH excluding ortho intramolecular Hbond substituents is 1. The molecule has 2 aromatic rings. The average molecular weight is 560 g/mol. The average Bonchev–Trinajstić information content (AvgIpc) is 2.95. The van der Waals surface area contributed by atoms with Crippen molar-refractivity contribution in [2.45, 2.75) is 51.6 Å². The summed E-state index contributed by atoms with van der Waals surface area (Å²) < 4.78 is 16.8. The monoisotopic (exact) mass is 559 g/mol. The Hall–Kier alpha value is -2.03. The molecule has 4 rings (SSSR count). The van der Waals surface area contributed by atoms with Crippen molar-refractivity contribution in [2.24, 2.45) is 0 Å². The van der Waals surface area contributed by atoms with Crippen LogP contribution in [0.4, 0.5) is 5.69 Å². The number of hydrogen-bond acceptors (Lipinski definition) is 7. The van der Waals surface area contributed by atoms with E-state index in [1.54, 1.807) is 26.4 Å². The van der Waals surface area contributed by atoms with Gasteiger partial charge in [-0.1, -0.05) is 17.7 Å². The van der Waals surface area contributed by atoms with Crippen molar-refractivity contribution in [3.63, 3.8) is 0 Å². The highest BCUT2D eigenvalue weighted by Gasteiger charge is 2.36. The van der Waals surface area contributed by atoms with Gasteiger partial charge in [-0.3, -0.25) is 9.80 Å². The van der Waals surface area contributed by atoms with E-state index in [9.17, 15) is 5.11 Å². The van der Waals surface area contributed by atoms with Gasteiger partial charge in [0, 0.05) is 77.3 Å². The van der Waals surface area contributed by atoms with E-state index in [4.69, 9.17) is 25.8 Å². The molecule has 0 amide bonds. The maximum Gasteiger partial charge on any atom is 0.136 e. The molecule has 7 nitrogen and oxygen atoms in total. The van der Waals surface area contributed by atoms with Gasteiger partial charge < -0.3 is 24.2 Å². The lowest BCUT2D eigenvalue weighted by atomic mass is 9.86. The number of nitrogens with zero attached hydrogens (tertiary/aromatic N) is 3. The minimum Gasteiger partial charge on any atom is -0.506 e. The summed E-state index contributed by atoms with van der Waals surface area (Å²) in [6, 6.07) is 11.0. The highest BCUT2D eigenvalue weighted by Crippen LogP contribution is 2.40. The standard InChI is InChI=1S/C31H46ClN3O4/c1-23-24(2)31(39-18-6-13-33(16-19-37-3)17-20-38-4)12-10-27(23)29-8-5-7-26-22-34(14-15-35(26)29)25-9-11-28(32)30(36)21-25/h9-12,21,26,29,36H,5-8,13-20,22H2,1-4H3/t26?,29-/m1/s1. The Kier molecular flexibility index (Phi) is 11.2. The highest BCUT2D eigenvalue weighted by atomic mass is 35.5. The van der Waals surface area contributed by atoms with Crippen molar-refractivity contribution in [3.05, 3.63) is 52.0 Å². The predicted molar refractivity (Wildman–Crippen MR) is 159 cm³/mol. The Morgan fingerprint density at radius 2 is 1.72 bits per heavy atom. The SMILES string of the molecule is COCCN(CCCOc1ccc([C@H]2CCCC3CN(c4ccc(Cl)c(O)c4)CCN32)c(C)c1C)CCOC.